The number of aliphatic hydroxyl groups is 1. The Bertz CT molecular complexity index is 460. The molecular formula is C11H15N3O3S. The molecule has 1 aliphatic rings. The number of thiophene rings is 1. The van der Waals surface area contributed by atoms with Crippen LogP contribution in [0.15, 0.2) is 11.4 Å². The average Bonchev–Trinajstić information content (AvgIpc) is 2.94. The number of amides is 4. The summed E-state index contributed by atoms with van der Waals surface area (Å²) in [6.45, 7) is 2.84. The zero-order valence-corrected chi connectivity index (χ0v) is 10.8. The van der Waals surface area contributed by atoms with Crippen molar-refractivity contribution in [2.24, 2.45) is 0 Å². The van der Waals surface area contributed by atoms with Crippen LogP contribution in [0.4, 0.5) is 9.59 Å². The van der Waals surface area contributed by atoms with Gasteiger partial charge in [0.15, 0.2) is 0 Å². The van der Waals surface area contributed by atoms with Crippen LogP contribution in [0.1, 0.15) is 16.5 Å². The molecule has 0 spiro atoms. The molecule has 1 unspecified atom stereocenters. The van der Waals surface area contributed by atoms with Gasteiger partial charge in [0.2, 0.25) is 0 Å². The number of carbonyl (C=O) groups is 2. The van der Waals surface area contributed by atoms with Gasteiger partial charge in [0.05, 0.1) is 6.54 Å². The Morgan fingerprint density at radius 2 is 2.50 bits per heavy atom. The molecule has 18 heavy (non-hydrogen) atoms. The Balaban J connectivity index is 1.86. The van der Waals surface area contributed by atoms with E-state index in [4.69, 9.17) is 0 Å². The Morgan fingerprint density at radius 1 is 1.72 bits per heavy atom. The Morgan fingerprint density at radius 3 is 3.06 bits per heavy atom. The highest BCUT2D eigenvalue weighted by molar-refractivity contribution is 7.10. The van der Waals surface area contributed by atoms with E-state index in [-0.39, 0.29) is 6.54 Å². The van der Waals surface area contributed by atoms with Crippen LogP contribution in [0, 0.1) is 6.92 Å². The first kappa shape index (κ1) is 12.8. The topological polar surface area (TPSA) is 81.7 Å². The van der Waals surface area contributed by atoms with E-state index in [1.54, 1.807) is 0 Å². The molecule has 4 amide bonds. The Hall–Kier alpha value is -1.60. The Labute approximate surface area is 109 Å². The van der Waals surface area contributed by atoms with Gasteiger partial charge in [-0.1, -0.05) is 0 Å². The number of nitrogens with one attached hydrogen (secondary N) is 2. The number of nitrogens with zero attached hydrogens (tertiary/aromatic N) is 1. The van der Waals surface area contributed by atoms with Crippen LogP contribution in [0.25, 0.3) is 0 Å². The molecule has 0 aromatic carbocycles. The second-order valence-electron chi connectivity index (χ2n) is 4.05. The monoisotopic (exact) mass is 269 g/mol. The smallest absolute Gasteiger partial charge is 0.325 e. The largest absolute Gasteiger partial charge is 0.386 e. The minimum atomic E-state index is -0.736. The lowest BCUT2D eigenvalue weighted by Crippen LogP contribution is -2.43. The summed E-state index contributed by atoms with van der Waals surface area (Å²) in [5.74, 6) is 0. The zero-order valence-electron chi connectivity index (χ0n) is 9.97. The number of aryl methyl sites for hydroxylation is 1. The van der Waals surface area contributed by atoms with E-state index in [9.17, 15) is 14.7 Å². The van der Waals surface area contributed by atoms with Crippen molar-refractivity contribution in [2.75, 3.05) is 19.6 Å². The summed E-state index contributed by atoms with van der Waals surface area (Å²) in [5, 5.41) is 16.9. The van der Waals surface area contributed by atoms with Crippen molar-refractivity contribution in [1.29, 1.82) is 0 Å². The maximum Gasteiger partial charge on any atom is 0.325 e. The lowest BCUT2D eigenvalue weighted by Gasteiger charge is -2.16. The van der Waals surface area contributed by atoms with Crippen molar-refractivity contribution in [3.05, 3.63) is 21.9 Å². The van der Waals surface area contributed by atoms with Crippen molar-refractivity contribution in [3.8, 4) is 0 Å². The normalized spacial score (nSPS) is 16.6. The van der Waals surface area contributed by atoms with Crippen LogP contribution in [0.2, 0.25) is 0 Å². The van der Waals surface area contributed by atoms with Gasteiger partial charge < -0.3 is 15.7 Å². The van der Waals surface area contributed by atoms with Gasteiger partial charge in [0, 0.05) is 18.0 Å². The first-order valence-electron chi connectivity index (χ1n) is 5.65. The number of carbonyl (C=O) groups excluding carboxylic acids is 2. The maximum atomic E-state index is 11.7. The summed E-state index contributed by atoms with van der Waals surface area (Å²) in [5.41, 5.74) is 1.00. The van der Waals surface area contributed by atoms with Gasteiger partial charge in [-0.2, -0.15) is 0 Å². The second-order valence-corrected chi connectivity index (χ2v) is 5.00. The molecule has 1 aromatic rings. The van der Waals surface area contributed by atoms with Crippen LogP contribution in [-0.2, 0) is 0 Å². The molecule has 0 saturated carbocycles. The van der Waals surface area contributed by atoms with Crippen LogP contribution >= 0.6 is 11.3 Å². The van der Waals surface area contributed by atoms with E-state index in [0.29, 0.717) is 13.1 Å². The molecule has 2 heterocycles. The summed E-state index contributed by atoms with van der Waals surface area (Å²) >= 11 is 1.45. The van der Waals surface area contributed by atoms with Crippen molar-refractivity contribution in [3.63, 3.8) is 0 Å². The molecule has 1 atom stereocenters. The molecule has 6 nitrogen and oxygen atoms in total. The minimum Gasteiger partial charge on any atom is -0.386 e. The van der Waals surface area contributed by atoms with Crippen molar-refractivity contribution >= 4 is 23.4 Å². The van der Waals surface area contributed by atoms with E-state index >= 15 is 0 Å². The highest BCUT2D eigenvalue weighted by Gasteiger charge is 2.26. The number of aliphatic hydroxyl groups excluding tert-OH is 1. The molecule has 2 rings (SSSR count). The molecule has 0 bridgehead atoms. The molecule has 1 aliphatic heterocycles. The van der Waals surface area contributed by atoms with Gasteiger partial charge in [-0.3, -0.25) is 0 Å². The SMILES string of the molecule is Cc1ccsc1C(O)CNC(=O)N1CCNC1=O. The van der Waals surface area contributed by atoms with Gasteiger partial charge >= 0.3 is 12.1 Å². The van der Waals surface area contributed by atoms with E-state index in [2.05, 4.69) is 10.6 Å². The quantitative estimate of drug-likeness (QED) is 0.760. The number of imide groups is 1. The molecule has 7 heteroatoms. The molecule has 98 valence electrons. The van der Waals surface area contributed by atoms with Crippen molar-refractivity contribution in [2.45, 2.75) is 13.0 Å². The third kappa shape index (κ3) is 2.62. The molecular weight excluding hydrogens is 254 g/mol. The second kappa shape index (κ2) is 5.36. The summed E-state index contributed by atoms with van der Waals surface area (Å²) < 4.78 is 0. The third-order valence-electron chi connectivity index (χ3n) is 2.75. The minimum absolute atomic E-state index is 0.101. The van der Waals surface area contributed by atoms with E-state index in [1.807, 2.05) is 18.4 Å². The third-order valence-corrected chi connectivity index (χ3v) is 3.87. The first-order chi connectivity index (χ1) is 8.59. The van der Waals surface area contributed by atoms with Crippen LogP contribution in [0.5, 0.6) is 0 Å². The number of hydrogen-bond donors (Lipinski definition) is 3. The Kier molecular flexibility index (Phi) is 3.83. The molecule has 0 aliphatic carbocycles. The highest BCUT2D eigenvalue weighted by Crippen LogP contribution is 2.23. The molecule has 1 aromatic heterocycles. The van der Waals surface area contributed by atoms with E-state index in [0.717, 1.165) is 15.3 Å². The van der Waals surface area contributed by atoms with Gasteiger partial charge in [0.25, 0.3) is 0 Å². The van der Waals surface area contributed by atoms with Crippen LogP contribution < -0.4 is 10.6 Å². The highest BCUT2D eigenvalue weighted by atomic mass is 32.1. The summed E-state index contributed by atoms with van der Waals surface area (Å²) in [6, 6.07) is 1.05. The van der Waals surface area contributed by atoms with Gasteiger partial charge in [-0.15, -0.1) is 11.3 Å². The lowest BCUT2D eigenvalue weighted by atomic mass is 10.2. The number of urea groups is 2. The number of rotatable bonds is 3. The average molecular weight is 269 g/mol. The lowest BCUT2D eigenvalue weighted by molar-refractivity contribution is 0.167. The summed E-state index contributed by atoms with van der Waals surface area (Å²) in [6.07, 6.45) is -0.736. The fraction of sp³-hybridized carbons (Fsp3) is 0.455. The predicted octanol–water partition coefficient (Wildman–Crippen LogP) is 0.825. The van der Waals surface area contributed by atoms with Crippen LogP contribution in [0.3, 0.4) is 0 Å². The summed E-state index contributed by atoms with van der Waals surface area (Å²) in [4.78, 5) is 24.8. The summed E-state index contributed by atoms with van der Waals surface area (Å²) in [7, 11) is 0. The maximum absolute atomic E-state index is 11.7. The number of hydrogen-bond acceptors (Lipinski definition) is 4. The van der Waals surface area contributed by atoms with Crippen LogP contribution in [-0.4, -0.2) is 41.7 Å². The van der Waals surface area contributed by atoms with Gasteiger partial charge in [-0.25, -0.2) is 14.5 Å². The predicted molar refractivity (Wildman–Crippen MR) is 67.5 cm³/mol. The fourth-order valence-electron chi connectivity index (χ4n) is 1.76. The molecule has 1 saturated heterocycles. The standard InChI is InChI=1S/C11H15N3O3S/c1-7-2-5-18-9(7)8(15)6-13-11(17)14-4-3-12-10(14)16/h2,5,8,15H,3-4,6H2,1H3,(H,12,16)(H,13,17). The molecule has 0 radical (unpaired) electrons. The molecule has 3 N–H and O–H groups in total. The van der Waals surface area contributed by atoms with Crippen molar-refractivity contribution < 1.29 is 14.7 Å². The molecule has 1 fully saturated rings. The van der Waals surface area contributed by atoms with E-state index < -0.39 is 18.2 Å². The van der Waals surface area contributed by atoms with E-state index in [1.165, 1.54) is 11.3 Å². The fourth-order valence-corrected chi connectivity index (χ4v) is 2.68. The zero-order chi connectivity index (χ0) is 13.1. The first-order valence-corrected chi connectivity index (χ1v) is 6.53. The van der Waals surface area contributed by atoms with Crippen molar-refractivity contribution in [1.82, 2.24) is 15.5 Å². The van der Waals surface area contributed by atoms with Gasteiger partial charge in [0.1, 0.15) is 6.10 Å². The van der Waals surface area contributed by atoms with Gasteiger partial charge in [-0.05, 0) is 23.9 Å².